The zero-order valence-electron chi connectivity index (χ0n) is 11.0. The van der Waals surface area contributed by atoms with Crippen LogP contribution >= 0.6 is 0 Å². The van der Waals surface area contributed by atoms with Crippen LogP contribution in [-0.2, 0) is 13.0 Å². The maximum Gasteiger partial charge on any atom is 0.145 e. The molecule has 2 rings (SSSR count). The van der Waals surface area contributed by atoms with E-state index in [2.05, 4.69) is 25.7 Å². The maximum absolute atomic E-state index is 5.38. The van der Waals surface area contributed by atoms with E-state index in [0.717, 1.165) is 37.6 Å². The molecule has 0 atom stereocenters. The van der Waals surface area contributed by atoms with Crippen LogP contribution < -0.4 is 16.6 Å². The van der Waals surface area contributed by atoms with Crippen molar-refractivity contribution in [3.63, 3.8) is 0 Å². The standard InChI is InChI=1S/C12H19N7/c1-2-10-16-11(8-12(17-10)18-13)15-4-3-6-19-7-5-14-9-19/h5,7-9H,2-4,6,13H2,1H3,(H2,15,16,17,18). The first kappa shape index (κ1) is 13.3. The Bertz CT molecular complexity index is 473. The number of hydrogen-bond donors (Lipinski definition) is 3. The molecule has 7 nitrogen and oxygen atoms in total. The van der Waals surface area contributed by atoms with Gasteiger partial charge in [0.1, 0.15) is 17.5 Å². The number of imidazole rings is 1. The number of aromatic nitrogens is 4. The Hall–Kier alpha value is -2.15. The predicted molar refractivity (Wildman–Crippen MR) is 74.6 cm³/mol. The van der Waals surface area contributed by atoms with Crippen LogP contribution in [0.15, 0.2) is 24.8 Å². The fourth-order valence-corrected chi connectivity index (χ4v) is 1.72. The summed E-state index contributed by atoms with van der Waals surface area (Å²) in [5.74, 6) is 7.58. The van der Waals surface area contributed by atoms with Crippen LogP contribution in [0.4, 0.5) is 11.6 Å². The van der Waals surface area contributed by atoms with Crippen LogP contribution in [-0.4, -0.2) is 26.1 Å². The number of rotatable bonds is 7. The van der Waals surface area contributed by atoms with Gasteiger partial charge in [0, 0.05) is 38.0 Å². The molecule has 19 heavy (non-hydrogen) atoms. The second kappa shape index (κ2) is 6.69. The van der Waals surface area contributed by atoms with Gasteiger partial charge in [-0.25, -0.2) is 20.8 Å². The average Bonchev–Trinajstić information content (AvgIpc) is 2.96. The molecule has 0 fully saturated rings. The molecular formula is C12H19N7. The molecule has 0 radical (unpaired) electrons. The fraction of sp³-hybridized carbons (Fsp3) is 0.417. The minimum Gasteiger partial charge on any atom is -0.370 e. The van der Waals surface area contributed by atoms with E-state index in [1.165, 1.54) is 0 Å². The highest BCUT2D eigenvalue weighted by atomic mass is 15.3. The lowest BCUT2D eigenvalue weighted by atomic mass is 10.4. The third kappa shape index (κ3) is 3.92. The molecule has 2 heterocycles. The highest BCUT2D eigenvalue weighted by molar-refractivity contribution is 5.46. The lowest BCUT2D eigenvalue weighted by Gasteiger charge is -2.09. The number of nitrogens with two attached hydrogens (primary N) is 1. The summed E-state index contributed by atoms with van der Waals surface area (Å²) in [7, 11) is 0. The number of nitrogen functional groups attached to an aromatic ring is 1. The molecule has 102 valence electrons. The second-order valence-corrected chi connectivity index (χ2v) is 4.13. The van der Waals surface area contributed by atoms with Crippen molar-refractivity contribution in [2.75, 3.05) is 17.3 Å². The molecule has 0 bridgehead atoms. The van der Waals surface area contributed by atoms with E-state index >= 15 is 0 Å². The quantitative estimate of drug-likeness (QED) is 0.391. The number of aryl methyl sites for hydroxylation is 2. The maximum atomic E-state index is 5.38. The van der Waals surface area contributed by atoms with Crippen molar-refractivity contribution in [3.8, 4) is 0 Å². The van der Waals surface area contributed by atoms with Gasteiger partial charge in [-0.1, -0.05) is 6.92 Å². The summed E-state index contributed by atoms with van der Waals surface area (Å²) < 4.78 is 2.05. The summed E-state index contributed by atoms with van der Waals surface area (Å²) in [4.78, 5) is 12.6. The van der Waals surface area contributed by atoms with E-state index in [-0.39, 0.29) is 0 Å². The summed E-state index contributed by atoms with van der Waals surface area (Å²) in [6.07, 6.45) is 7.32. The van der Waals surface area contributed by atoms with Gasteiger partial charge in [-0.2, -0.15) is 0 Å². The molecule has 2 aromatic rings. The van der Waals surface area contributed by atoms with Gasteiger partial charge in [0.25, 0.3) is 0 Å². The third-order valence-electron chi connectivity index (χ3n) is 2.69. The van der Waals surface area contributed by atoms with Gasteiger partial charge in [-0.3, -0.25) is 0 Å². The third-order valence-corrected chi connectivity index (χ3v) is 2.69. The molecule has 0 unspecified atom stereocenters. The van der Waals surface area contributed by atoms with E-state index in [1.807, 2.05) is 24.0 Å². The summed E-state index contributed by atoms with van der Waals surface area (Å²) >= 11 is 0. The van der Waals surface area contributed by atoms with Gasteiger partial charge >= 0.3 is 0 Å². The Labute approximate surface area is 112 Å². The molecule has 0 aromatic carbocycles. The Balaban J connectivity index is 1.84. The van der Waals surface area contributed by atoms with Gasteiger partial charge in [0.05, 0.1) is 6.33 Å². The van der Waals surface area contributed by atoms with Crippen LogP contribution in [0.25, 0.3) is 0 Å². The summed E-state index contributed by atoms with van der Waals surface area (Å²) in [5, 5.41) is 3.28. The molecule has 0 aliphatic rings. The van der Waals surface area contributed by atoms with E-state index in [9.17, 15) is 0 Å². The van der Waals surface area contributed by atoms with Crippen LogP contribution in [0.1, 0.15) is 19.2 Å². The zero-order chi connectivity index (χ0) is 13.5. The van der Waals surface area contributed by atoms with Gasteiger partial charge in [0.2, 0.25) is 0 Å². The van der Waals surface area contributed by atoms with E-state index in [1.54, 1.807) is 12.3 Å². The van der Waals surface area contributed by atoms with Crippen molar-refractivity contribution in [1.29, 1.82) is 0 Å². The average molecular weight is 261 g/mol. The van der Waals surface area contributed by atoms with Crippen molar-refractivity contribution in [2.45, 2.75) is 26.3 Å². The molecule has 0 aliphatic heterocycles. The summed E-state index contributed by atoms with van der Waals surface area (Å²) in [6.45, 7) is 3.78. The molecule has 7 heteroatoms. The monoisotopic (exact) mass is 261 g/mol. The topological polar surface area (TPSA) is 93.7 Å². The molecule has 0 saturated heterocycles. The molecular weight excluding hydrogens is 242 g/mol. The molecule has 0 aliphatic carbocycles. The Kier molecular flexibility index (Phi) is 4.68. The first-order chi connectivity index (χ1) is 9.31. The van der Waals surface area contributed by atoms with Crippen LogP contribution in [0.5, 0.6) is 0 Å². The van der Waals surface area contributed by atoms with Crippen LogP contribution in [0.3, 0.4) is 0 Å². The van der Waals surface area contributed by atoms with Gasteiger partial charge in [-0.15, -0.1) is 0 Å². The summed E-state index contributed by atoms with van der Waals surface area (Å²) in [5.41, 5.74) is 2.55. The minimum absolute atomic E-state index is 0.629. The van der Waals surface area contributed by atoms with E-state index in [0.29, 0.717) is 5.82 Å². The Morgan fingerprint density at radius 3 is 2.84 bits per heavy atom. The van der Waals surface area contributed by atoms with Gasteiger partial charge in [0.15, 0.2) is 0 Å². The fourth-order valence-electron chi connectivity index (χ4n) is 1.72. The number of hydrazine groups is 1. The zero-order valence-corrected chi connectivity index (χ0v) is 11.0. The number of nitrogens with one attached hydrogen (secondary N) is 2. The van der Waals surface area contributed by atoms with Crippen LogP contribution in [0, 0.1) is 0 Å². The number of anilines is 2. The van der Waals surface area contributed by atoms with Crippen LogP contribution in [0.2, 0.25) is 0 Å². The van der Waals surface area contributed by atoms with Crippen molar-refractivity contribution in [2.24, 2.45) is 5.84 Å². The SMILES string of the molecule is CCc1nc(NN)cc(NCCCn2ccnc2)n1. The van der Waals surface area contributed by atoms with Crippen molar-refractivity contribution < 1.29 is 0 Å². The minimum atomic E-state index is 0.629. The van der Waals surface area contributed by atoms with Crippen molar-refractivity contribution in [1.82, 2.24) is 19.5 Å². The number of nitrogens with zero attached hydrogens (tertiary/aromatic N) is 4. The Morgan fingerprint density at radius 1 is 1.32 bits per heavy atom. The lowest BCUT2D eigenvalue weighted by Crippen LogP contribution is -2.13. The molecule has 4 N–H and O–H groups in total. The van der Waals surface area contributed by atoms with Crippen molar-refractivity contribution >= 4 is 11.6 Å². The lowest BCUT2D eigenvalue weighted by molar-refractivity contribution is 0.660. The summed E-state index contributed by atoms with van der Waals surface area (Å²) in [6, 6.07) is 1.80. The molecule has 0 saturated carbocycles. The first-order valence-electron chi connectivity index (χ1n) is 6.36. The van der Waals surface area contributed by atoms with Gasteiger partial charge in [-0.05, 0) is 6.42 Å². The van der Waals surface area contributed by atoms with E-state index in [4.69, 9.17) is 5.84 Å². The van der Waals surface area contributed by atoms with Crippen molar-refractivity contribution in [3.05, 3.63) is 30.6 Å². The van der Waals surface area contributed by atoms with E-state index < -0.39 is 0 Å². The smallest absolute Gasteiger partial charge is 0.145 e. The molecule has 2 aromatic heterocycles. The highest BCUT2D eigenvalue weighted by Crippen LogP contribution is 2.10. The Morgan fingerprint density at radius 2 is 2.16 bits per heavy atom. The normalized spacial score (nSPS) is 10.4. The molecule has 0 spiro atoms. The van der Waals surface area contributed by atoms with Gasteiger partial charge < -0.3 is 15.3 Å². The predicted octanol–water partition coefficient (Wildman–Crippen LogP) is 1.02. The largest absolute Gasteiger partial charge is 0.370 e. The number of hydrogen-bond acceptors (Lipinski definition) is 6. The molecule has 0 amide bonds. The highest BCUT2D eigenvalue weighted by Gasteiger charge is 2.02. The first-order valence-corrected chi connectivity index (χ1v) is 6.36. The second-order valence-electron chi connectivity index (χ2n) is 4.13.